The van der Waals surface area contributed by atoms with Crippen molar-refractivity contribution < 1.29 is 19.0 Å². The van der Waals surface area contributed by atoms with Gasteiger partial charge < -0.3 is 14.2 Å². The summed E-state index contributed by atoms with van der Waals surface area (Å²) in [7, 11) is 3.14. The largest absolute Gasteiger partial charge is 0.493 e. The highest BCUT2D eigenvalue weighted by Gasteiger charge is 2.16. The highest BCUT2D eigenvalue weighted by molar-refractivity contribution is 6.04. The van der Waals surface area contributed by atoms with E-state index in [-0.39, 0.29) is 6.79 Å². The van der Waals surface area contributed by atoms with Crippen molar-refractivity contribution in [3.05, 3.63) is 35.4 Å². The molecule has 4 heteroatoms. The van der Waals surface area contributed by atoms with Crippen LogP contribution in [0.4, 0.5) is 0 Å². The van der Waals surface area contributed by atoms with E-state index in [0.717, 1.165) is 35.5 Å². The van der Waals surface area contributed by atoms with Gasteiger partial charge in [-0.25, -0.2) is 0 Å². The number of hydrogen-bond donors (Lipinski definition) is 0. The van der Waals surface area contributed by atoms with Gasteiger partial charge in [0.1, 0.15) is 0 Å². The third-order valence-corrected chi connectivity index (χ3v) is 3.39. The lowest BCUT2D eigenvalue weighted by atomic mass is 9.96. The quantitative estimate of drug-likeness (QED) is 0.577. The molecule has 0 N–H and O–H groups in total. The average Bonchev–Trinajstić information content (AvgIpc) is 2.52. The molecule has 0 aliphatic rings. The Morgan fingerprint density at radius 2 is 2.05 bits per heavy atom. The molecule has 0 aromatic heterocycles. The van der Waals surface area contributed by atoms with Crippen molar-refractivity contribution in [2.75, 3.05) is 21.0 Å². The van der Waals surface area contributed by atoms with Crippen molar-refractivity contribution in [2.45, 2.75) is 19.8 Å². The molecule has 0 fully saturated rings. The Balaban J connectivity index is 2.77. The Kier molecular flexibility index (Phi) is 5.17. The zero-order chi connectivity index (χ0) is 15.2. The molecule has 2 aromatic rings. The predicted molar refractivity (Wildman–Crippen MR) is 82.4 cm³/mol. The van der Waals surface area contributed by atoms with Gasteiger partial charge in [-0.2, -0.15) is 0 Å². The summed E-state index contributed by atoms with van der Waals surface area (Å²) >= 11 is 0. The van der Waals surface area contributed by atoms with Crippen LogP contribution < -0.4 is 9.47 Å². The first kappa shape index (κ1) is 15.3. The third kappa shape index (κ3) is 3.00. The number of carbonyl (C=O) groups excluding carboxylic acids is 1. The van der Waals surface area contributed by atoms with Crippen LogP contribution in [0.3, 0.4) is 0 Å². The number of aldehydes is 1. The predicted octanol–water partition coefficient (Wildman–Crippen LogP) is 3.60. The minimum absolute atomic E-state index is 0.131. The minimum Gasteiger partial charge on any atom is -0.493 e. The lowest BCUT2D eigenvalue weighted by Crippen LogP contribution is -2.04. The van der Waals surface area contributed by atoms with Crippen LogP contribution in [0.25, 0.3) is 10.8 Å². The molecule has 0 saturated carbocycles. The molecule has 2 aromatic carbocycles. The molecule has 0 unspecified atom stereocenters. The van der Waals surface area contributed by atoms with Gasteiger partial charge in [-0.3, -0.25) is 4.79 Å². The van der Waals surface area contributed by atoms with Crippen LogP contribution in [-0.2, 0) is 11.2 Å². The average molecular weight is 288 g/mol. The second kappa shape index (κ2) is 7.09. The van der Waals surface area contributed by atoms with Gasteiger partial charge in [0.25, 0.3) is 0 Å². The minimum atomic E-state index is 0.131. The first-order chi connectivity index (χ1) is 10.3. The highest BCUT2D eigenvalue weighted by Crippen LogP contribution is 2.40. The van der Waals surface area contributed by atoms with E-state index in [9.17, 15) is 4.79 Å². The van der Waals surface area contributed by atoms with E-state index in [4.69, 9.17) is 14.2 Å². The molecule has 0 amide bonds. The normalized spacial score (nSPS) is 10.6. The zero-order valence-electron chi connectivity index (χ0n) is 12.6. The summed E-state index contributed by atoms with van der Waals surface area (Å²) < 4.78 is 16.1. The van der Waals surface area contributed by atoms with Crippen molar-refractivity contribution >= 4 is 17.1 Å². The summed E-state index contributed by atoms with van der Waals surface area (Å²) in [6.45, 7) is 2.25. The Labute approximate surface area is 124 Å². The molecule has 0 saturated heterocycles. The number of methoxy groups -OCH3 is 2. The Morgan fingerprint density at radius 1 is 1.24 bits per heavy atom. The maximum atomic E-state index is 11.4. The van der Waals surface area contributed by atoms with Crippen LogP contribution in [0, 0.1) is 0 Å². The van der Waals surface area contributed by atoms with Crippen molar-refractivity contribution in [1.82, 2.24) is 0 Å². The van der Waals surface area contributed by atoms with Crippen LogP contribution in [0.15, 0.2) is 24.3 Å². The van der Waals surface area contributed by atoms with E-state index in [1.54, 1.807) is 20.3 Å². The van der Waals surface area contributed by atoms with Crippen molar-refractivity contribution in [3.8, 4) is 11.5 Å². The fourth-order valence-electron chi connectivity index (χ4n) is 2.50. The van der Waals surface area contributed by atoms with Gasteiger partial charge in [0, 0.05) is 18.1 Å². The van der Waals surface area contributed by atoms with Crippen LogP contribution >= 0.6 is 0 Å². The topological polar surface area (TPSA) is 44.8 Å². The molecule has 2 rings (SSSR count). The van der Waals surface area contributed by atoms with Gasteiger partial charge in [0.15, 0.2) is 24.6 Å². The molecule has 0 heterocycles. The van der Waals surface area contributed by atoms with Crippen molar-refractivity contribution in [1.29, 1.82) is 0 Å². The van der Waals surface area contributed by atoms with E-state index < -0.39 is 0 Å². The van der Waals surface area contributed by atoms with Crippen molar-refractivity contribution in [2.24, 2.45) is 0 Å². The van der Waals surface area contributed by atoms with Gasteiger partial charge in [-0.05, 0) is 23.4 Å². The SMILES string of the molecule is CCCc1cccc2c(C=O)cc(OC)c(OCOC)c12. The van der Waals surface area contributed by atoms with Crippen LogP contribution in [0.5, 0.6) is 11.5 Å². The first-order valence-electron chi connectivity index (χ1n) is 6.96. The molecule has 0 spiro atoms. The number of aryl methyl sites for hydroxylation is 1. The van der Waals surface area contributed by atoms with E-state index in [2.05, 4.69) is 13.0 Å². The van der Waals surface area contributed by atoms with E-state index in [0.29, 0.717) is 17.1 Å². The lowest BCUT2D eigenvalue weighted by molar-refractivity contribution is 0.0503. The Morgan fingerprint density at radius 3 is 2.67 bits per heavy atom. The molecule has 0 atom stereocenters. The Hall–Kier alpha value is -2.07. The summed E-state index contributed by atoms with van der Waals surface area (Å²) in [4.78, 5) is 11.4. The first-order valence-corrected chi connectivity index (χ1v) is 6.96. The van der Waals surface area contributed by atoms with Gasteiger partial charge in [-0.1, -0.05) is 31.5 Å². The third-order valence-electron chi connectivity index (χ3n) is 3.39. The number of fused-ring (bicyclic) bond motifs is 1. The van der Waals surface area contributed by atoms with Gasteiger partial charge in [-0.15, -0.1) is 0 Å². The maximum Gasteiger partial charge on any atom is 0.188 e. The second-order valence-electron chi connectivity index (χ2n) is 4.76. The molecule has 4 nitrogen and oxygen atoms in total. The summed E-state index contributed by atoms with van der Waals surface area (Å²) in [5.41, 5.74) is 1.74. The molecule has 0 radical (unpaired) electrons. The number of hydrogen-bond acceptors (Lipinski definition) is 4. The number of benzene rings is 2. The summed E-state index contributed by atoms with van der Waals surface area (Å²) in [5, 5.41) is 1.81. The maximum absolute atomic E-state index is 11.4. The zero-order valence-corrected chi connectivity index (χ0v) is 12.6. The van der Waals surface area contributed by atoms with E-state index in [1.165, 1.54) is 0 Å². The lowest BCUT2D eigenvalue weighted by Gasteiger charge is -2.17. The molecule has 0 bridgehead atoms. The number of ether oxygens (including phenoxy) is 3. The van der Waals surface area contributed by atoms with E-state index >= 15 is 0 Å². The molecular formula is C17H20O4. The van der Waals surface area contributed by atoms with Gasteiger partial charge >= 0.3 is 0 Å². The molecular weight excluding hydrogens is 268 g/mol. The van der Waals surface area contributed by atoms with Gasteiger partial charge in [0.2, 0.25) is 0 Å². The van der Waals surface area contributed by atoms with Gasteiger partial charge in [0.05, 0.1) is 7.11 Å². The highest BCUT2D eigenvalue weighted by atomic mass is 16.7. The monoisotopic (exact) mass is 288 g/mol. The van der Waals surface area contributed by atoms with Crippen LogP contribution in [0.1, 0.15) is 29.3 Å². The van der Waals surface area contributed by atoms with Crippen LogP contribution in [-0.4, -0.2) is 27.3 Å². The molecule has 112 valence electrons. The fourth-order valence-corrected chi connectivity index (χ4v) is 2.50. The van der Waals surface area contributed by atoms with E-state index in [1.807, 2.05) is 12.1 Å². The summed E-state index contributed by atoms with van der Waals surface area (Å²) in [6.07, 6.45) is 2.77. The summed E-state index contributed by atoms with van der Waals surface area (Å²) in [6, 6.07) is 7.65. The molecule has 21 heavy (non-hydrogen) atoms. The molecule has 0 aliphatic heterocycles. The second-order valence-corrected chi connectivity index (χ2v) is 4.76. The standard InChI is InChI=1S/C17H20O4/c1-4-6-12-7-5-8-14-13(10-18)9-15(20-3)17(16(12)14)21-11-19-2/h5,7-10H,4,6,11H2,1-3H3. The molecule has 0 aliphatic carbocycles. The Bertz CT molecular complexity index is 634. The number of rotatable bonds is 7. The van der Waals surface area contributed by atoms with Crippen LogP contribution in [0.2, 0.25) is 0 Å². The van der Waals surface area contributed by atoms with Crippen molar-refractivity contribution in [3.63, 3.8) is 0 Å². The fraction of sp³-hybridized carbons (Fsp3) is 0.353. The summed E-state index contributed by atoms with van der Waals surface area (Å²) in [5.74, 6) is 1.18. The number of carbonyl (C=O) groups is 1. The smallest absolute Gasteiger partial charge is 0.188 e.